The van der Waals surface area contributed by atoms with Gasteiger partial charge in [-0.3, -0.25) is 9.69 Å². The Labute approximate surface area is 151 Å². The molecule has 1 aliphatic heterocycles. The van der Waals surface area contributed by atoms with E-state index < -0.39 is 5.97 Å². The molecule has 3 nitrogen and oxygen atoms in total. The van der Waals surface area contributed by atoms with Crippen LogP contribution in [0.25, 0.3) is 0 Å². The van der Waals surface area contributed by atoms with Crippen molar-refractivity contribution in [2.45, 2.75) is 18.9 Å². The Morgan fingerprint density at radius 1 is 1.00 bits per heavy atom. The zero-order chi connectivity index (χ0) is 17.1. The highest BCUT2D eigenvalue weighted by Gasteiger charge is 2.31. The van der Waals surface area contributed by atoms with E-state index in [1.54, 1.807) is 0 Å². The first-order valence-electron chi connectivity index (χ1n) is 8.02. The number of likely N-dealkylation sites (tertiary alicyclic amines) is 1. The summed E-state index contributed by atoms with van der Waals surface area (Å²) >= 11 is 12.0. The molecule has 1 heterocycles. The number of hydrogen-bond acceptors (Lipinski definition) is 2. The van der Waals surface area contributed by atoms with Gasteiger partial charge in [-0.05, 0) is 54.8 Å². The van der Waals surface area contributed by atoms with Gasteiger partial charge < -0.3 is 5.11 Å². The monoisotopic (exact) mass is 363 g/mol. The van der Waals surface area contributed by atoms with Gasteiger partial charge >= 0.3 is 5.97 Å². The normalized spacial score (nSPS) is 18.7. The predicted octanol–water partition coefficient (Wildman–Crippen LogP) is 4.88. The molecule has 0 aliphatic carbocycles. The molecule has 3 rings (SSSR count). The minimum Gasteiger partial charge on any atom is -0.481 e. The number of nitrogens with zero attached hydrogens (tertiary/aromatic N) is 1. The molecule has 1 N–H and O–H groups in total. The largest absolute Gasteiger partial charge is 0.481 e. The van der Waals surface area contributed by atoms with Gasteiger partial charge in [-0.1, -0.05) is 47.5 Å². The third-order valence-corrected chi connectivity index (χ3v) is 5.04. The lowest BCUT2D eigenvalue weighted by Crippen LogP contribution is -2.41. The van der Waals surface area contributed by atoms with Crippen LogP contribution in [0.2, 0.25) is 10.0 Å². The molecule has 0 aromatic heterocycles. The first kappa shape index (κ1) is 17.3. The second-order valence-corrected chi connectivity index (χ2v) is 7.05. The maximum absolute atomic E-state index is 11.4. The fraction of sp³-hybridized carbons (Fsp3) is 0.316. The van der Waals surface area contributed by atoms with Crippen molar-refractivity contribution in [3.8, 4) is 0 Å². The maximum Gasteiger partial charge on any atom is 0.307 e. The molecule has 0 spiro atoms. The summed E-state index contributed by atoms with van der Waals surface area (Å²) in [5, 5.41) is 10.8. The molecule has 5 heteroatoms. The first-order valence-corrected chi connectivity index (χ1v) is 8.78. The van der Waals surface area contributed by atoms with Crippen molar-refractivity contribution >= 4 is 29.2 Å². The summed E-state index contributed by atoms with van der Waals surface area (Å²) in [6.07, 6.45) is 1.62. The number of halogens is 2. The Kier molecular flexibility index (Phi) is 5.44. The van der Waals surface area contributed by atoms with Gasteiger partial charge in [0.15, 0.2) is 0 Å². The van der Waals surface area contributed by atoms with E-state index in [0.717, 1.165) is 30.5 Å². The third-order valence-electron chi connectivity index (χ3n) is 4.54. The van der Waals surface area contributed by atoms with E-state index >= 15 is 0 Å². The fourth-order valence-electron chi connectivity index (χ4n) is 3.35. The van der Waals surface area contributed by atoms with Crippen LogP contribution < -0.4 is 0 Å². The van der Waals surface area contributed by atoms with E-state index in [1.165, 1.54) is 0 Å². The van der Waals surface area contributed by atoms with Gasteiger partial charge in [0, 0.05) is 16.6 Å². The van der Waals surface area contributed by atoms with Gasteiger partial charge in [-0.25, -0.2) is 0 Å². The van der Waals surface area contributed by atoms with Crippen molar-refractivity contribution in [1.29, 1.82) is 0 Å². The van der Waals surface area contributed by atoms with Crippen LogP contribution in [0.5, 0.6) is 0 Å². The predicted molar refractivity (Wildman–Crippen MR) is 96.7 cm³/mol. The minimum absolute atomic E-state index is 0.00156. The van der Waals surface area contributed by atoms with Crippen LogP contribution in [-0.4, -0.2) is 29.1 Å². The maximum atomic E-state index is 11.4. The van der Waals surface area contributed by atoms with Crippen molar-refractivity contribution in [3.05, 3.63) is 69.7 Å². The number of carboxylic acids is 1. The van der Waals surface area contributed by atoms with Crippen LogP contribution in [0.3, 0.4) is 0 Å². The number of rotatable bonds is 4. The number of carboxylic acid groups (broad SMARTS) is 1. The highest BCUT2D eigenvalue weighted by Crippen LogP contribution is 2.33. The third kappa shape index (κ3) is 3.92. The number of benzene rings is 2. The van der Waals surface area contributed by atoms with E-state index in [-0.39, 0.29) is 12.0 Å². The van der Waals surface area contributed by atoms with Crippen molar-refractivity contribution in [3.63, 3.8) is 0 Å². The van der Waals surface area contributed by atoms with E-state index in [4.69, 9.17) is 23.2 Å². The lowest BCUT2D eigenvalue weighted by atomic mass is 9.91. The summed E-state index contributed by atoms with van der Waals surface area (Å²) in [5.74, 6) is -1.04. The second kappa shape index (κ2) is 7.56. The van der Waals surface area contributed by atoms with E-state index in [9.17, 15) is 9.90 Å². The zero-order valence-electron chi connectivity index (χ0n) is 13.2. The Hall–Kier alpha value is -1.55. The number of aliphatic carboxylic acids is 1. The molecule has 2 aromatic rings. The van der Waals surface area contributed by atoms with Gasteiger partial charge in [-0.15, -0.1) is 0 Å². The average molecular weight is 364 g/mol. The van der Waals surface area contributed by atoms with Crippen LogP contribution in [-0.2, 0) is 4.79 Å². The van der Waals surface area contributed by atoms with Crippen LogP contribution in [0.15, 0.2) is 48.5 Å². The van der Waals surface area contributed by atoms with E-state index in [2.05, 4.69) is 4.90 Å². The molecule has 1 atom stereocenters. The van der Waals surface area contributed by atoms with E-state index in [1.807, 2.05) is 48.5 Å². The molecule has 0 amide bonds. The summed E-state index contributed by atoms with van der Waals surface area (Å²) in [6, 6.07) is 15.5. The molecular formula is C19H19Cl2NO2. The lowest BCUT2D eigenvalue weighted by molar-refractivity contribution is -0.143. The van der Waals surface area contributed by atoms with Gasteiger partial charge in [0.1, 0.15) is 0 Å². The topological polar surface area (TPSA) is 40.5 Å². The smallest absolute Gasteiger partial charge is 0.307 e. The molecule has 1 fully saturated rings. The fourth-order valence-corrected chi connectivity index (χ4v) is 3.60. The molecule has 2 aromatic carbocycles. The molecule has 1 saturated heterocycles. The Bertz CT molecular complexity index is 655. The van der Waals surface area contributed by atoms with Crippen LogP contribution in [0.1, 0.15) is 30.0 Å². The highest BCUT2D eigenvalue weighted by molar-refractivity contribution is 6.30. The standard InChI is InChI=1S/C19H19Cl2NO2/c20-16-7-3-13(4-8-16)18(14-5-9-17(21)10-6-14)22-11-1-2-15(12-22)19(23)24/h3-10,15,18H,1-2,11-12H2,(H,23,24). The van der Waals surface area contributed by atoms with Crippen molar-refractivity contribution < 1.29 is 9.90 Å². The Balaban J connectivity index is 1.96. The molecule has 0 bridgehead atoms. The van der Waals surface area contributed by atoms with E-state index in [0.29, 0.717) is 16.6 Å². The van der Waals surface area contributed by atoms with Gasteiger partial charge in [0.2, 0.25) is 0 Å². The average Bonchev–Trinajstić information content (AvgIpc) is 2.59. The minimum atomic E-state index is -0.717. The van der Waals surface area contributed by atoms with Gasteiger partial charge in [0.25, 0.3) is 0 Å². The first-order chi connectivity index (χ1) is 11.5. The quantitative estimate of drug-likeness (QED) is 0.841. The molecule has 0 radical (unpaired) electrons. The van der Waals surface area contributed by atoms with Crippen molar-refractivity contribution in [2.75, 3.05) is 13.1 Å². The molecule has 0 saturated carbocycles. The van der Waals surface area contributed by atoms with Gasteiger partial charge in [0.05, 0.1) is 12.0 Å². The number of piperidine rings is 1. The molecular weight excluding hydrogens is 345 g/mol. The van der Waals surface area contributed by atoms with Crippen LogP contribution >= 0.6 is 23.2 Å². The summed E-state index contributed by atoms with van der Waals surface area (Å²) in [7, 11) is 0. The number of carbonyl (C=O) groups is 1. The Morgan fingerprint density at radius 3 is 1.96 bits per heavy atom. The number of hydrogen-bond donors (Lipinski definition) is 1. The van der Waals surface area contributed by atoms with Crippen LogP contribution in [0, 0.1) is 5.92 Å². The molecule has 1 unspecified atom stereocenters. The molecule has 126 valence electrons. The van der Waals surface area contributed by atoms with Crippen LogP contribution in [0.4, 0.5) is 0 Å². The zero-order valence-corrected chi connectivity index (χ0v) is 14.7. The molecule has 24 heavy (non-hydrogen) atoms. The summed E-state index contributed by atoms with van der Waals surface area (Å²) in [4.78, 5) is 13.7. The molecule has 1 aliphatic rings. The highest BCUT2D eigenvalue weighted by atomic mass is 35.5. The lowest BCUT2D eigenvalue weighted by Gasteiger charge is -2.37. The summed E-state index contributed by atoms with van der Waals surface area (Å²) in [5.41, 5.74) is 2.21. The van der Waals surface area contributed by atoms with Crippen molar-refractivity contribution in [2.24, 2.45) is 5.92 Å². The van der Waals surface area contributed by atoms with Gasteiger partial charge in [-0.2, -0.15) is 0 Å². The summed E-state index contributed by atoms with van der Waals surface area (Å²) in [6.45, 7) is 1.42. The second-order valence-electron chi connectivity index (χ2n) is 6.18. The summed E-state index contributed by atoms with van der Waals surface area (Å²) < 4.78 is 0. The van der Waals surface area contributed by atoms with Crippen molar-refractivity contribution in [1.82, 2.24) is 4.90 Å². The SMILES string of the molecule is O=C(O)C1CCCN(C(c2ccc(Cl)cc2)c2ccc(Cl)cc2)C1. The Morgan fingerprint density at radius 2 is 1.50 bits per heavy atom.